The van der Waals surface area contributed by atoms with E-state index in [0.717, 1.165) is 35.9 Å². The van der Waals surface area contributed by atoms with Crippen LogP contribution in [0.3, 0.4) is 0 Å². The van der Waals surface area contributed by atoms with E-state index in [0.29, 0.717) is 0 Å². The maximum Gasteiger partial charge on any atom is 0.231 e. The van der Waals surface area contributed by atoms with E-state index >= 15 is 0 Å². The Morgan fingerprint density at radius 1 is 1.43 bits per heavy atom. The Balaban J connectivity index is 2.24. The highest BCUT2D eigenvalue weighted by Crippen LogP contribution is 2.49. The number of ether oxygens (including phenoxy) is 3. The Morgan fingerprint density at radius 2 is 2.36 bits per heavy atom. The minimum Gasteiger partial charge on any atom is -0.491 e. The third-order valence-corrected chi connectivity index (χ3v) is 2.60. The van der Waals surface area contributed by atoms with Crippen molar-refractivity contribution in [3.05, 3.63) is 11.6 Å². The van der Waals surface area contributed by atoms with E-state index in [-0.39, 0.29) is 6.79 Å². The van der Waals surface area contributed by atoms with Gasteiger partial charge < -0.3 is 19.5 Å². The molecule has 0 fully saturated rings. The van der Waals surface area contributed by atoms with Gasteiger partial charge in [0.2, 0.25) is 12.5 Å². The number of benzene rings is 1. The summed E-state index contributed by atoms with van der Waals surface area (Å²) in [5.74, 6) is 2.29. The molecule has 0 saturated heterocycles. The topological polar surface area (TPSA) is 39.7 Å². The minimum absolute atomic E-state index is 0.286. The van der Waals surface area contributed by atoms with Gasteiger partial charge in [0.15, 0.2) is 11.5 Å². The van der Waals surface area contributed by atoms with Crippen LogP contribution in [0.15, 0.2) is 6.07 Å². The van der Waals surface area contributed by atoms with Gasteiger partial charge in [-0.25, -0.2) is 0 Å². The van der Waals surface area contributed by atoms with Crippen LogP contribution in [0.2, 0.25) is 0 Å². The average Bonchev–Trinajstić information content (AvgIpc) is 2.80. The number of fused-ring (bicyclic) bond motifs is 2. The average molecular weight is 193 g/mol. The number of rotatable bonds is 1. The van der Waals surface area contributed by atoms with E-state index in [1.54, 1.807) is 7.11 Å². The maximum atomic E-state index is 5.36. The second kappa shape index (κ2) is 2.70. The zero-order valence-corrected chi connectivity index (χ0v) is 7.92. The Bertz CT molecular complexity index is 357. The summed E-state index contributed by atoms with van der Waals surface area (Å²) < 4.78 is 16.0. The first-order chi connectivity index (χ1) is 6.90. The SMILES string of the molecule is COc1c2c(cc3c1OCO3)CCN2. The summed E-state index contributed by atoms with van der Waals surface area (Å²) in [5.41, 5.74) is 2.29. The third kappa shape index (κ3) is 0.880. The molecule has 2 heterocycles. The first-order valence-corrected chi connectivity index (χ1v) is 4.63. The fourth-order valence-corrected chi connectivity index (χ4v) is 1.97. The van der Waals surface area contributed by atoms with Gasteiger partial charge in [0.1, 0.15) is 0 Å². The lowest BCUT2D eigenvalue weighted by Gasteiger charge is -2.10. The summed E-state index contributed by atoms with van der Waals surface area (Å²) >= 11 is 0. The first-order valence-electron chi connectivity index (χ1n) is 4.63. The number of hydrogen-bond donors (Lipinski definition) is 1. The van der Waals surface area contributed by atoms with Crippen molar-refractivity contribution in [2.75, 3.05) is 25.8 Å². The highest BCUT2D eigenvalue weighted by Gasteiger charge is 2.27. The molecule has 0 saturated carbocycles. The largest absolute Gasteiger partial charge is 0.491 e. The third-order valence-electron chi connectivity index (χ3n) is 2.60. The molecule has 2 aliphatic heterocycles. The Kier molecular flexibility index (Phi) is 1.50. The summed E-state index contributed by atoms with van der Waals surface area (Å²) in [7, 11) is 1.65. The first kappa shape index (κ1) is 7.79. The Morgan fingerprint density at radius 3 is 3.21 bits per heavy atom. The van der Waals surface area contributed by atoms with Crippen molar-refractivity contribution in [2.45, 2.75) is 6.42 Å². The van der Waals surface area contributed by atoms with E-state index in [1.165, 1.54) is 5.56 Å². The number of anilines is 1. The molecule has 74 valence electrons. The van der Waals surface area contributed by atoms with Crippen molar-refractivity contribution < 1.29 is 14.2 Å². The molecule has 1 aromatic rings. The standard InChI is InChI=1S/C10H11NO3/c1-12-10-8-6(2-3-11-8)4-7-9(10)14-5-13-7/h4,11H,2-3,5H2,1H3. The summed E-state index contributed by atoms with van der Waals surface area (Å²) in [6.45, 7) is 1.24. The van der Waals surface area contributed by atoms with Gasteiger partial charge in [-0.05, 0) is 18.1 Å². The van der Waals surface area contributed by atoms with Crippen LogP contribution in [-0.2, 0) is 6.42 Å². The molecule has 0 atom stereocenters. The zero-order valence-electron chi connectivity index (χ0n) is 7.92. The summed E-state index contributed by atoms with van der Waals surface area (Å²) in [6, 6.07) is 2.03. The van der Waals surface area contributed by atoms with Crippen LogP contribution in [-0.4, -0.2) is 20.4 Å². The molecular formula is C10H11NO3. The van der Waals surface area contributed by atoms with Gasteiger partial charge in [0.05, 0.1) is 12.8 Å². The van der Waals surface area contributed by atoms with Crippen molar-refractivity contribution in [3.8, 4) is 17.2 Å². The van der Waals surface area contributed by atoms with E-state index in [1.807, 2.05) is 6.07 Å². The van der Waals surface area contributed by atoms with Gasteiger partial charge in [-0.15, -0.1) is 0 Å². The van der Waals surface area contributed by atoms with Crippen LogP contribution in [0.25, 0.3) is 0 Å². The molecule has 1 N–H and O–H groups in total. The van der Waals surface area contributed by atoms with Gasteiger partial charge in [-0.2, -0.15) is 0 Å². The lowest BCUT2D eigenvalue weighted by Crippen LogP contribution is -1.96. The molecule has 1 aromatic carbocycles. The second-order valence-electron chi connectivity index (χ2n) is 3.35. The Labute approximate surface area is 81.8 Å². The van der Waals surface area contributed by atoms with Crippen LogP contribution >= 0.6 is 0 Å². The minimum atomic E-state index is 0.286. The maximum absolute atomic E-state index is 5.36. The zero-order chi connectivity index (χ0) is 9.54. The van der Waals surface area contributed by atoms with Crippen molar-refractivity contribution in [2.24, 2.45) is 0 Å². The van der Waals surface area contributed by atoms with Crippen molar-refractivity contribution in [3.63, 3.8) is 0 Å². The fourth-order valence-electron chi connectivity index (χ4n) is 1.97. The molecule has 4 nitrogen and oxygen atoms in total. The molecule has 0 radical (unpaired) electrons. The van der Waals surface area contributed by atoms with Gasteiger partial charge in [-0.1, -0.05) is 0 Å². The second-order valence-corrected chi connectivity index (χ2v) is 3.35. The van der Waals surface area contributed by atoms with Crippen LogP contribution in [0.1, 0.15) is 5.56 Å². The Hall–Kier alpha value is -1.58. The van der Waals surface area contributed by atoms with E-state index in [2.05, 4.69) is 5.32 Å². The van der Waals surface area contributed by atoms with Crippen molar-refractivity contribution >= 4 is 5.69 Å². The highest BCUT2D eigenvalue weighted by atomic mass is 16.7. The number of nitrogens with one attached hydrogen (secondary N) is 1. The molecule has 0 amide bonds. The number of methoxy groups -OCH3 is 1. The molecule has 0 aliphatic carbocycles. The van der Waals surface area contributed by atoms with Gasteiger partial charge in [-0.3, -0.25) is 0 Å². The lowest BCUT2D eigenvalue weighted by atomic mass is 10.1. The fraction of sp³-hybridized carbons (Fsp3) is 0.400. The molecule has 2 aliphatic rings. The molecule has 0 spiro atoms. The molecule has 0 aromatic heterocycles. The summed E-state index contributed by atoms with van der Waals surface area (Å²) in [6.07, 6.45) is 1.02. The predicted molar refractivity (Wildman–Crippen MR) is 51.3 cm³/mol. The van der Waals surface area contributed by atoms with E-state index in [4.69, 9.17) is 14.2 Å². The molecule has 4 heteroatoms. The van der Waals surface area contributed by atoms with Gasteiger partial charge >= 0.3 is 0 Å². The lowest BCUT2D eigenvalue weighted by molar-refractivity contribution is 0.171. The monoisotopic (exact) mass is 193 g/mol. The van der Waals surface area contributed by atoms with E-state index in [9.17, 15) is 0 Å². The van der Waals surface area contributed by atoms with Crippen molar-refractivity contribution in [1.82, 2.24) is 0 Å². The molecule has 0 unspecified atom stereocenters. The highest BCUT2D eigenvalue weighted by molar-refractivity contribution is 5.74. The molecular weight excluding hydrogens is 182 g/mol. The van der Waals surface area contributed by atoms with Crippen LogP contribution in [0.5, 0.6) is 17.2 Å². The normalized spacial score (nSPS) is 16.4. The van der Waals surface area contributed by atoms with Crippen LogP contribution in [0, 0.1) is 0 Å². The van der Waals surface area contributed by atoms with Crippen LogP contribution in [0.4, 0.5) is 5.69 Å². The van der Waals surface area contributed by atoms with Crippen molar-refractivity contribution in [1.29, 1.82) is 0 Å². The molecule has 14 heavy (non-hydrogen) atoms. The van der Waals surface area contributed by atoms with Crippen LogP contribution < -0.4 is 19.5 Å². The number of hydrogen-bond acceptors (Lipinski definition) is 4. The van der Waals surface area contributed by atoms with Gasteiger partial charge in [0, 0.05) is 6.54 Å². The van der Waals surface area contributed by atoms with E-state index < -0.39 is 0 Å². The predicted octanol–water partition coefficient (Wildman–Crippen LogP) is 1.39. The smallest absolute Gasteiger partial charge is 0.231 e. The van der Waals surface area contributed by atoms with Gasteiger partial charge in [0.25, 0.3) is 0 Å². The molecule has 3 rings (SSSR count). The summed E-state index contributed by atoms with van der Waals surface area (Å²) in [4.78, 5) is 0. The molecule has 0 bridgehead atoms. The quantitative estimate of drug-likeness (QED) is 0.731. The summed E-state index contributed by atoms with van der Waals surface area (Å²) in [5, 5.41) is 3.29.